The third-order valence-corrected chi connectivity index (χ3v) is 3.26. The highest BCUT2D eigenvalue weighted by molar-refractivity contribution is 6.00. The fourth-order valence-electron chi connectivity index (χ4n) is 2.16. The van der Waals surface area contributed by atoms with Gasteiger partial charge in [0.05, 0.1) is 0 Å². The number of benzene rings is 1. The van der Waals surface area contributed by atoms with E-state index >= 15 is 0 Å². The summed E-state index contributed by atoms with van der Waals surface area (Å²) in [5, 5.41) is 14.6. The molecule has 0 atom stereocenters. The normalized spacial score (nSPS) is 11.3. The lowest BCUT2D eigenvalue weighted by Gasteiger charge is -2.07. The van der Waals surface area contributed by atoms with E-state index in [4.69, 9.17) is 4.42 Å². The SMILES string of the molecule is CC(C)n1nccc1-c1nnc(NC(=O)/C=C/c2ccccc2)o1. The maximum Gasteiger partial charge on any atom is 0.322 e. The molecular weight excluding hydrogens is 306 g/mol. The molecule has 7 nitrogen and oxygen atoms in total. The minimum atomic E-state index is -0.341. The topological polar surface area (TPSA) is 85.8 Å². The van der Waals surface area contributed by atoms with Crippen molar-refractivity contribution in [3.63, 3.8) is 0 Å². The van der Waals surface area contributed by atoms with Crippen LogP contribution < -0.4 is 5.32 Å². The molecule has 0 unspecified atom stereocenters. The molecule has 0 aliphatic carbocycles. The summed E-state index contributed by atoms with van der Waals surface area (Å²) < 4.78 is 7.26. The molecule has 3 aromatic rings. The van der Waals surface area contributed by atoms with Crippen molar-refractivity contribution >= 4 is 18.0 Å². The van der Waals surface area contributed by atoms with E-state index in [1.54, 1.807) is 23.0 Å². The Hall–Kier alpha value is -3.22. The van der Waals surface area contributed by atoms with E-state index in [0.29, 0.717) is 11.6 Å². The van der Waals surface area contributed by atoms with Crippen LogP contribution in [0.1, 0.15) is 25.5 Å². The number of hydrogen-bond acceptors (Lipinski definition) is 5. The summed E-state index contributed by atoms with van der Waals surface area (Å²) in [6.07, 6.45) is 4.79. The number of carbonyl (C=O) groups excluding carboxylic acids is 1. The molecule has 0 aliphatic heterocycles. The molecule has 0 aliphatic rings. The van der Waals surface area contributed by atoms with Crippen molar-refractivity contribution in [2.45, 2.75) is 19.9 Å². The van der Waals surface area contributed by atoms with Crippen molar-refractivity contribution in [2.24, 2.45) is 0 Å². The van der Waals surface area contributed by atoms with Crippen LogP contribution in [-0.4, -0.2) is 25.9 Å². The minimum absolute atomic E-state index is 0.0456. The Morgan fingerprint density at radius 3 is 2.75 bits per heavy atom. The van der Waals surface area contributed by atoms with Gasteiger partial charge in [-0.05, 0) is 31.6 Å². The molecule has 0 spiro atoms. The largest absolute Gasteiger partial charge is 0.401 e. The Kier molecular flexibility index (Phi) is 4.51. The first-order valence-electron chi connectivity index (χ1n) is 7.55. The van der Waals surface area contributed by atoms with Crippen LogP contribution in [0.3, 0.4) is 0 Å². The van der Waals surface area contributed by atoms with Crippen molar-refractivity contribution in [2.75, 3.05) is 5.32 Å². The predicted molar refractivity (Wildman–Crippen MR) is 90.0 cm³/mol. The number of nitrogens with zero attached hydrogens (tertiary/aromatic N) is 4. The van der Waals surface area contributed by atoms with Crippen LogP contribution in [0.5, 0.6) is 0 Å². The Bertz CT molecular complexity index is 849. The van der Waals surface area contributed by atoms with E-state index in [-0.39, 0.29) is 18.0 Å². The zero-order chi connectivity index (χ0) is 16.9. The number of nitrogens with one attached hydrogen (secondary N) is 1. The smallest absolute Gasteiger partial charge is 0.322 e. The molecular formula is C17H17N5O2. The lowest BCUT2D eigenvalue weighted by atomic mass is 10.2. The van der Waals surface area contributed by atoms with Crippen LogP contribution in [-0.2, 0) is 4.79 Å². The first kappa shape index (κ1) is 15.7. The summed E-state index contributed by atoms with van der Waals surface area (Å²) >= 11 is 0. The van der Waals surface area contributed by atoms with E-state index in [0.717, 1.165) is 5.56 Å². The van der Waals surface area contributed by atoms with Gasteiger partial charge in [-0.15, -0.1) is 5.10 Å². The van der Waals surface area contributed by atoms with E-state index in [1.807, 2.05) is 44.2 Å². The Morgan fingerprint density at radius 1 is 1.21 bits per heavy atom. The highest BCUT2D eigenvalue weighted by atomic mass is 16.4. The number of aromatic nitrogens is 4. The molecule has 1 amide bonds. The molecule has 0 saturated carbocycles. The third-order valence-electron chi connectivity index (χ3n) is 3.26. The summed E-state index contributed by atoms with van der Waals surface area (Å²) in [4.78, 5) is 11.9. The monoisotopic (exact) mass is 323 g/mol. The van der Waals surface area contributed by atoms with Gasteiger partial charge in [0, 0.05) is 18.3 Å². The maximum absolute atomic E-state index is 11.9. The Labute approximate surface area is 139 Å². The van der Waals surface area contributed by atoms with Crippen molar-refractivity contribution in [3.05, 3.63) is 54.2 Å². The molecule has 0 bridgehead atoms. The first-order chi connectivity index (χ1) is 11.6. The first-order valence-corrected chi connectivity index (χ1v) is 7.55. The number of amides is 1. The van der Waals surface area contributed by atoms with Gasteiger partial charge in [-0.1, -0.05) is 35.4 Å². The minimum Gasteiger partial charge on any atom is -0.401 e. The van der Waals surface area contributed by atoms with E-state index in [2.05, 4.69) is 20.6 Å². The average Bonchev–Trinajstić information content (AvgIpc) is 3.22. The van der Waals surface area contributed by atoms with E-state index in [1.165, 1.54) is 6.08 Å². The van der Waals surface area contributed by atoms with Gasteiger partial charge in [-0.3, -0.25) is 14.8 Å². The second-order valence-corrected chi connectivity index (χ2v) is 5.40. The lowest BCUT2D eigenvalue weighted by Crippen LogP contribution is -2.07. The van der Waals surface area contributed by atoms with Crippen LogP contribution in [0.4, 0.5) is 6.01 Å². The highest BCUT2D eigenvalue weighted by Gasteiger charge is 2.15. The van der Waals surface area contributed by atoms with Crippen molar-refractivity contribution in [3.8, 4) is 11.6 Å². The van der Waals surface area contributed by atoms with Gasteiger partial charge < -0.3 is 4.42 Å². The fourth-order valence-corrected chi connectivity index (χ4v) is 2.16. The Morgan fingerprint density at radius 2 is 2.00 bits per heavy atom. The summed E-state index contributed by atoms with van der Waals surface area (Å²) in [7, 11) is 0. The molecule has 122 valence electrons. The Balaban J connectivity index is 1.69. The van der Waals surface area contributed by atoms with E-state index < -0.39 is 0 Å². The molecule has 24 heavy (non-hydrogen) atoms. The van der Waals surface area contributed by atoms with Crippen molar-refractivity contribution < 1.29 is 9.21 Å². The second kappa shape index (κ2) is 6.91. The molecule has 1 aromatic carbocycles. The summed E-state index contributed by atoms with van der Waals surface area (Å²) in [6, 6.07) is 11.5. The second-order valence-electron chi connectivity index (χ2n) is 5.40. The van der Waals surface area contributed by atoms with Crippen LogP contribution in [0.15, 0.2) is 53.1 Å². The quantitative estimate of drug-likeness (QED) is 0.729. The standard InChI is InChI=1S/C17H17N5O2/c1-12(2)22-14(10-11-18-22)16-20-21-17(24-16)19-15(23)9-8-13-6-4-3-5-7-13/h3-12H,1-2H3,(H,19,21,23)/b9-8+. The van der Waals surface area contributed by atoms with Crippen molar-refractivity contribution in [1.82, 2.24) is 20.0 Å². The van der Waals surface area contributed by atoms with Gasteiger partial charge in [-0.2, -0.15) is 5.10 Å². The summed E-state index contributed by atoms with van der Waals surface area (Å²) in [5.74, 6) is -0.0324. The third kappa shape index (κ3) is 3.57. The van der Waals surface area contributed by atoms with Crippen molar-refractivity contribution in [1.29, 1.82) is 0 Å². The zero-order valence-corrected chi connectivity index (χ0v) is 13.4. The predicted octanol–water partition coefficient (Wildman–Crippen LogP) is 3.17. The maximum atomic E-state index is 11.9. The van der Waals surface area contributed by atoms with Gasteiger partial charge in [0.15, 0.2) is 0 Å². The number of rotatable bonds is 5. The number of carbonyl (C=O) groups is 1. The molecule has 0 fully saturated rings. The van der Waals surface area contributed by atoms with Gasteiger partial charge in [0.1, 0.15) is 5.69 Å². The molecule has 3 rings (SSSR count). The molecule has 2 heterocycles. The molecule has 1 N–H and O–H groups in total. The zero-order valence-electron chi connectivity index (χ0n) is 13.4. The van der Waals surface area contributed by atoms with Crippen LogP contribution in [0.25, 0.3) is 17.7 Å². The van der Waals surface area contributed by atoms with Crippen LogP contribution in [0.2, 0.25) is 0 Å². The molecule has 2 aromatic heterocycles. The van der Waals surface area contributed by atoms with Gasteiger partial charge in [-0.25, -0.2) is 0 Å². The fraction of sp³-hybridized carbons (Fsp3) is 0.176. The van der Waals surface area contributed by atoms with Gasteiger partial charge in [0.25, 0.3) is 11.8 Å². The molecule has 0 saturated heterocycles. The number of hydrogen-bond donors (Lipinski definition) is 1. The molecule has 7 heteroatoms. The number of anilines is 1. The van der Waals surface area contributed by atoms with Gasteiger partial charge >= 0.3 is 6.01 Å². The average molecular weight is 323 g/mol. The molecule has 0 radical (unpaired) electrons. The lowest BCUT2D eigenvalue weighted by molar-refractivity contribution is -0.112. The summed E-state index contributed by atoms with van der Waals surface area (Å²) in [6.45, 7) is 4.01. The van der Waals surface area contributed by atoms with Crippen LogP contribution in [0, 0.1) is 0 Å². The summed E-state index contributed by atoms with van der Waals surface area (Å²) in [5.41, 5.74) is 1.64. The van der Waals surface area contributed by atoms with Crippen LogP contribution >= 0.6 is 0 Å². The van der Waals surface area contributed by atoms with Gasteiger partial charge in [0.2, 0.25) is 0 Å². The van der Waals surface area contributed by atoms with E-state index in [9.17, 15) is 4.79 Å². The highest BCUT2D eigenvalue weighted by Crippen LogP contribution is 2.22.